The van der Waals surface area contributed by atoms with Gasteiger partial charge in [-0.1, -0.05) is 12.1 Å². The topological polar surface area (TPSA) is 92.9 Å². The van der Waals surface area contributed by atoms with Crippen molar-refractivity contribution in [1.82, 2.24) is 9.21 Å². The number of benzene rings is 1. The number of hydrogen-bond acceptors (Lipinski definition) is 5. The minimum atomic E-state index is -4.60. The molecule has 11 heteroatoms. The van der Waals surface area contributed by atoms with Crippen molar-refractivity contribution in [3.8, 4) is 0 Å². The van der Waals surface area contributed by atoms with E-state index in [-0.39, 0.29) is 31.1 Å². The van der Waals surface area contributed by atoms with Crippen LogP contribution < -0.4 is 5.73 Å². The molecule has 2 aliphatic heterocycles. The number of nitrogens with zero attached hydrogens (tertiary/aromatic N) is 2. The van der Waals surface area contributed by atoms with Crippen molar-refractivity contribution in [3.63, 3.8) is 0 Å². The maximum Gasteiger partial charge on any atom is 0.393 e. The zero-order chi connectivity index (χ0) is 21.2. The van der Waals surface area contributed by atoms with Crippen LogP contribution in [0.4, 0.5) is 13.2 Å². The quantitative estimate of drug-likeness (QED) is 0.767. The third-order valence-corrected chi connectivity index (χ3v) is 7.15. The molecule has 0 aromatic heterocycles. The Hall–Kier alpha value is -1.69. The molecule has 2 aliphatic rings. The summed E-state index contributed by atoms with van der Waals surface area (Å²) in [4.78, 5) is 14.1. The Morgan fingerprint density at radius 2 is 1.90 bits per heavy atom. The molecule has 0 saturated carbocycles. The number of sulfonamides is 1. The molecule has 2 fully saturated rings. The van der Waals surface area contributed by atoms with Gasteiger partial charge in [0, 0.05) is 32.7 Å². The summed E-state index contributed by atoms with van der Waals surface area (Å²) in [6.45, 7) is 0.328. The van der Waals surface area contributed by atoms with E-state index in [0.717, 1.165) is 4.31 Å². The highest BCUT2D eigenvalue weighted by atomic mass is 32.2. The Kier molecular flexibility index (Phi) is 6.51. The monoisotopic (exact) mass is 435 g/mol. The van der Waals surface area contributed by atoms with Crippen LogP contribution in [-0.4, -0.2) is 69.1 Å². The Morgan fingerprint density at radius 3 is 2.52 bits per heavy atom. The first kappa shape index (κ1) is 22.0. The minimum Gasteiger partial charge on any atom is -0.378 e. The third kappa shape index (κ3) is 4.90. The average Bonchev–Trinajstić information content (AvgIpc) is 2.73. The van der Waals surface area contributed by atoms with Crippen molar-refractivity contribution in [3.05, 3.63) is 29.8 Å². The number of alkyl halides is 3. The van der Waals surface area contributed by atoms with Gasteiger partial charge < -0.3 is 15.4 Å². The van der Waals surface area contributed by atoms with Crippen LogP contribution in [-0.2, 0) is 26.1 Å². The van der Waals surface area contributed by atoms with E-state index < -0.39 is 46.9 Å². The molecule has 1 amide bonds. The zero-order valence-electron chi connectivity index (χ0n) is 15.8. The summed E-state index contributed by atoms with van der Waals surface area (Å²) >= 11 is 0. The molecule has 3 rings (SSSR count). The minimum absolute atomic E-state index is 0.104. The lowest BCUT2D eigenvalue weighted by atomic mass is 9.89. The van der Waals surface area contributed by atoms with Gasteiger partial charge in [0.05, 0.1) is 29.9 Å². The first-order valence-corrected chi connectivity index (χ1v) is 10.8. The molecular weight excluding hydrogens is 411 g/mol. The number of piperidine rings is 1. The van der Waals surface area contributed by atoms with Gasteiger partial charge >= 0.3 is 6.18 Å². The summed E-state index contributed by atoms with van der Waals surface area (Å²) in [6.07, 6.45) is -5.02. The maximum atomic E-state index is 13.5. The van der Waals surface area contributed by atoms with Crippen molar-refractivity contribution < 1.29 is 31.1 Å². The van der Waals surface area contributed by atoms with Crippen LogP contribution >= 0.6 is 0 Å². The number of rotatable bonds is 4. The molecule has 1 aromatic rings. The van der Waals surface area contributed by atoms with Crippen LogP contribution in [0.15, 0.2) is 29.2 Å². The molecule has 2 atom stereocenters. The summed E-state index contributed by atoms with van der Waals surface area (Å²) < 4.78 is 72.6. The standard InChI is InChI=1S/C18H24F3N3O4S/c19-18(20,21)15-9-14(17(25)23-4-6-28-7-5-23)11-24(12-15)29(26,27)16-3-1-2-13(8-16)10-22/h1-3,8,14-15H,4-7,9-12,22H2/t14-,15+/m0/s1. The van der Waals surface area contributed by atoms with Crippen LogP contribution in [0, 0.1) is 11.8 Å². The second-order valence-corrected chi connectivity index (χ2v) is 9.22. The van der Waals surface area contributed by atoms with Gasteiger partial charge in [-0.2, -0.15) is 17.5 Å². The van der Waals surface area contributed by atoms with Gasteiger partial charge in [-0.15, -0.1) is 0 Å². The molecule has 0 unspecified atom stereocenters. The zero-order valence-corrected chi connectivity index (χ0v) is 16.6. The highest BCUT2D eigenvalue weighted by molar-refractivity contribution is 7.89. The van der Waals surface area contributed by atoms with Gasteiger partial charge in [0.1, 0.15) is 0 Å². The molecular formula is C18H24F3N3O4S. The molecule has 7 nitrogen and oxygen atoms in total. The molecule has 0 radical (unpaired) electrons. The summed E-state index contributed by atoms with van der Waals surface area (Å²) in [5.74, 6) is -3.42. The second kappa shape index (κ2) is 8.58. The lowest BCUT2D eigenvalue weighted by Crippen LogP contribution is -2.53. The van der Waals surface area contributed by atoms with Crippen LogP contribution in [0.1, 0.15) is 12.0 Å². The SMILES string of the molecule is NCc1cccc(S(=O)(=O)N2C[C@@H](C(=O)N3CCOCC3)C[C@@H](C(F)(F)F)C2)c1. The summed E-state index contributed by atoms with van der Waals surface area (Å²) in [5.41, 5.74) is 6.10. The molecule has 2 heterocycles. The van der Waals surface area contributed by atoms with E-state index in [1.54, 1.807) is 6.07 Å². The normalized spacial score (nSPS) is 24.5. The van der Waals surface area contributed by atoms with Crippen molar-refractivity contribution in [2.45, 2.75) is 24.0 Å². The molecule has 2 N–H and O–H groups in total. The molecule has 0 aliphatic carbocycles. The van der Waals surface area contributed by atoms with E-state index in [4.69, 9.17) is 10.5 Å². The Labute approximate surface area is 167 Å². The maximum absolute atomic E-state index is 13.5. The first-order valence-electron chi connectivity index (χ1n) is 9.35. The lowest BCUT2D eigenvalue weighted by molar-refractivity contribution is -0.189. The Morgan fingerprint density at radius 1 is 1.21 bits per heavy atom. The number of halogens is 3. The number of carbonyl (C=O) groups excluding carboxylic acids is 1. The van der Waals surface area contributed by atoms with Crippen molar-refractivity contribution in [2.24, 2.45) is 17.6 Å². The molecule has 2 saturated heterocycles. The summed E-state index contributed by atoms with van der Waals surface area (Å²) in [5, 5.41) is 0. The fraction of sp³-hybridized carbons (Fsp3) is 0.611. The smallest absolute Gasteiger partial charge is 0.378 e. The highest BCUT2D eigenvalue weighted by Crippen LogP contribution is 2.38. The van der Waals surface area contributed by atoms with E-state index in [1.807, 2.05) is 0 Å². The number of ether oxygens (including phenoxy) is 1. The molecule has 29 heavy (non-hydrogen) atoms. The first-order chi connectivity index (χ1) is 13.6. The number of nitrogens with two attached hydrogens (primary N) is 1. The van der Waals surface area contributed by atoms with Gasteiger partial charge in [-0.05, 0) is 24.1 Å². The van der Waals surface area contributed by atoms with Gasteiger partial charge in [0.15, 0.2) is 0 Å². The fourth-order valence-electron chi connectivity index (χ4n) is 3.69. The van der Waals surface area contributed by atoms with Crippen LogP contribution in [0.25, 0.3) is 0 Å². The lowest BCUT2D eigenvalue weighted by Gasteiger charge is -2.39. The molecule has 0 bridgehead atoms. The van der Waals surface area contributed by atoms with Gasteiger partial charge in [-0.3, -0.25) is 4.79 Å². The third-order valence-electron chi connectivity index (χ3n) is 5.32. The van der Waals surface area contributed by atoms with E-state index in [2.05, 4.69) is 0 Å². The number of morpholine rings is 1. The second-order valence-electron chi connectivity index (χ2n) is 7.28. The van der Waals surface area contributed by atoms with Gasteiger partial charge in [-0.25, -0.2) is 8.42 Å². The predicted molar refractivity (Wildman–Crippen MR) is 98.1 cm³/mol. The average molecular weight is 435 g/mol. The summed E-state index contributed by atoms with van der Waals surface area (Å²) in [6, 6.07) is 5.81. The molecule has 1 aromatic carbocycles. The summed E-state index contributed by atoms with van der Waals surface area (Å²) in [7, 11) is -4.20. The van der Waals surface area contributed by atoms with Crippen LogP contribution in [0.5, 0.6) is 0 Å². The van der Waals surface area contributed by atoms with E-state index in [9.17, 15) is 26.4 Å². The van der Waals surface area contributed by atoms with Crippen LogP contribution in [0.2, 0.25) is 0 Å². The number of carbonyl (C=O) groups is 1. The van der Waals surface area contributed by atoms with Crippen LogP contribution in [0.3, 0.4) is 0 Å². The Bertz CT molecular complexity index is 841. The molecule has 0 spiro atoms. The largest absolute Gasteiger partial charge is 0.393 e. The van der Waals surface area contributed by atoms with E-state index >= 15 is 0 Å². The molecule has 162 valence electrons. The van der Waals surface area contributed by atoms with Crippen molar-refractivity contribution in [2.75, 3.05) is 39.4 Å². The van der Waals surface area contributed by atoms with E-state index in [0.29, 0.717) is 18.8 Å². The van der Waals surface area contributed by atoms with Gasteiger partial charge in [0.2, 0.25) is 15.9 Å². The van der Waals surface area contributed by atoms with Crippen molar-refractivity contribution in [1.29, 1.82) is 0 Å². The Balaban J connectivity index is 1.89. The van der Waals surface area contributed by atoms with E-state index in [1.165, 1.54) is 23.1 Å². The van der Waals surface area contributed by atoms with Crippen molar-refractivity contribution >= 4 is 15.9 Å². The van der Waals surface area contributed by atoms with Gasteiger partial charge in [0.25, 0.3) is 0 Å². The predicted octanol–water partition coefficient (Wildman–Crippen LogP) is 1.19. The highest BCUT2D eigenvalue weighted by Gasteiger charge is 2.49. The number of hydrogen-bond donors (Lipinski definition) is 1. The number of amides is 1. The fourth-order valence-corrected chi connectivity index (χ4v) is 5.30.